The molecular weight excluding hydrogens is 1760 g/mol. The Morgan fingerprint density at radius 2 is 0.792 bits per heavy atom. The van der Waals surface area contributed by atoms with Crippen molar-refractivity contribution in [3.63, 3.8) is 0 Å². The number of aromatic nitrogens is 15. The lowest BCUT2D eigenvalue weighted by Gasteiger charge is -2.19. The van der Waals surface area contributed by atoms with Gasteiger partial charge < -0.3 is 23.8 Å². The molecule has 0 spiro atoms. The molecule has 10 aromatic heterocycles. The number of hydrogen-bond donors (Lipinski definition) is 0. The van der Waals surface area contributed by atoms with Gasteiger partial charge in [0.05, 0.1) is 105 Å². The van der Waals surface area contributed by atoms with E-state index in [0.717, 1.165) is 42.2 Å². The minimum absolute atomic E-state index is 0.0203. The summed E-state index contributed by atoms with van der Waals surface area (Å²) >= 11 is 24.5. The van der Waals surface area contributed by atoms with Crippen LogP contribution in [0, 0.1) is 36.7 Å². The quantitative estimate of drug-likeness (QED) is 0.0250. The van der Waals surface area contributed by atoms with Crippen LogP contribution >= 0.6 is 46.4 Å². The van der Waals surface area contributed by atoms with E-state index < -0.39 is 23.7 Å². The molecule has 35 heteroatoms. The Morgan fingerprint density at radius 3 is 1.19 bits per heavy atom. The standard InChI is InChI=1S/C20H17ClF2N4O.C19H14ClF2N3O2.C19H15ClFN3O2.C19H12FN3O2.C18H14ClN3O2/c1-20(22,23)14-3-4-16(26-9-14)8-19(28)13-5-15(21)7-17(6-13)27(2)18-10-24-12-25-11-18;1-11(21)19-17(22)3-2-14(25-19)7-18(26)12-4-13(20)6-15(5-12)27-16-8-23-10-24-9-16;1-2-18-17(21)4-3-14(24-18)8-19(25)12-5-13(20)7-15(6-12)26-16-9-22-11-23-10-16;1-2-13-3-4-16(23-9-13)8-19(24)14-5-15(20)7-17(6-14)25-18-10-21-12-22-11-18;1-12-2-3-22-15(4-12)8-18(23)13-5-14(19)7-16(6-13)24-17-9-20-11-21-10-17/h3-7,9-12H,8H2,1-2H3;2-6,8-11H,7H2,1H3;3-7,9-11H,2,8H2,1H3;1,3-7,9-12H,8H2;2-7,9-11H,8H2,1H3. The van der Waals surface area contributed by atoms with Crippen molar-refractivity contribution >= 4 is 86.7 Å². The molecule has 0 aliphatic rings. The van der Waals surface area contributed by atoms with Gasteiger partial charge in [-0.15, -0.1) is 6.42 Å². The normalized spacial score (nSPS) is 10.9. The maximum atomic E-state index is 13.8. The van der Waals surface area contributed by atoms with E-state index in [-0.39, 0.29) is 101 Å². The molecule has 0 aliphatic carbocycles. The largest absolute Gasteiger partial charge is 0.454 e. The average Bonchev–Trinajstić information content (AvgIpc) is 0.831. The highest BCUT2D eigenvalue weighted by Crippen LogP contribution is 2.34. The van der Waals surface area contributed by atoms with Crippen LogP contribution in [0.1, 0.15) is 135 Å². The molecule has 5 aromatic carbocycles. The van der Waals surface area contributed by atoms with Crippen molar-refractivity contribution in [1.29, 1.82) is 0 Å². The molecule has 0 N–H and O–H groups in total. The molecule has 130 heavy (non-hydrogen) atoms. The van der Waals surface area contributed by atoms with Gasteiger partial charge in [0.15, 0.2) is 51.9 Å². The number of aryl methyl sites for hydroxylation is 2. The van der Waals surface area contributed by atoms with Gasteiger partial charge in [0.25, 0.3) is 5.92 Å². The van der Waals surface area contributed by atoms with Crippen LogP contribution in [0.5, 0.6) is 46.0 Å². The maximum absolute atomic E-state index is 13.8. The van der Waals surface area contributed by atoms with Crippen molar-refractivity contribution in [3.05, 3.63) is 386 Å². The molecule has 0 aliphatic heterocycles. The molecule has 0 saturated heterocycles. The molecule has 1 atom stereocenters. The number of Topliss-reactive ketones (excluding diaryl/α,β-unsaturated/α-hetero) is 5. The predicted molar refractivity (Wildman–Crippen MR) is 473 cm³/mol. The molecule has 10 heterocycles. The molecule has 0 radical (unpaired) electrons. The lowest BCUT2D eigenvalue weighted by atomic mass is 10.0. The number of anilines is 2. The van der Waals surface area contributed by atoms with Gasteiger partial charge in [-0.05, 0) is 171 Å². The summed E-state index contributed by atoms with van der Waals surface area (Å²) < 4.78 is 103. The third kappa shape index (κ3) is 29.5. The summed E-state index contributed by atoms with van der Waals surface area (Å²) in [4.78, 5) is 124. The van der Waals surface area contributed by atoms with E-state index in [9.17, 15) is 50.3 Å². The number of ether oxygens (including phenoxy) is 4. The minimum Gasteiger partial charge on any atom is -0.454 e. The molecule has 15 aromatic rings. The first kappa shape index (κ1) is 95.6. The number of nitrogens with zero attached hydrogens (tertiary/aromatic N) is 16. The molecule has 0 amide bonds. The Bertz CT molecular complexity index is 6500. The Balaban J connectivity index is 0.000000157. The Labute approximate surface area is 760 Å². The van der Waals surface area contributed by atoms with E-state index in [1.165, 1.54) is 149 Å². The van der Waals surface area contributed by atoms with Crippen molar-refractivity contribution in [1.82, 2.24) is 74.8 Å². The highest BCUT2D eigenvalue weighted by molar-refractivity contribution is 6.32. The third-order valence-electron chi connectivity index (χ3n) is 18.0. The summed E-state index contributed by atoms with van der Waals surface area (Å²) in [5, 5.41) is 1.49. The van der Waals surface area contributed by atoms with Crippen LogP contribution in [0.4, 0.5) is 37.7 Å². The van der Waals surface area contributed by atoms with Crippen LogP contribution in [-0.2, 0) is 44.4 Å². The number of pyridine rings is 5. The second-order valence-electron chi connectivity index (χ2n) is 28.1. The highest BCUT2D eigenvalue weighted by Gasteiger charge is 2.26. The number of terminal acetylenes is 1. The minimum atomic E-state index is -2.97. The number of hydrogen-bond acceptors (Lipinski definition) is 25. The zero-order valence-corrected chi connectivity index (χ0v) is 72.4. The molecule has 0 bridgehead atoms. The first-order chi connectivity index (χ1) is 62.4. The van der Waals surface area contributed by atoms with Crippen molar-refractivity contribution in [2.45, 2.75) is 78.3 Å². The van der Waals surface area contributed by atoms with Gasteiger partial charge in [-0.25, -0.2) is 76.2 Å². The van der Waals surface area contributed by atoms with Crippen molar-refractivity contribution < 1.29 is 69.3 Å². The zero-order valence-electron chi connectivity index (χ0n) is 69.3. The molecule has 15 rings (SSSR count). The highest BCUT2D eigenvalue weighted by atomic mass is 35.5. The summed E-state index contributed by atoms with van der Waals surface area (Å²) in [6, 6.07) is 38.2. The fraction of sp³-hybridized carbons (Fsp3) is 0.137. The number of ketones is 5. The molecule has 0 saturated carbocycles. The van der Waals surface area contributed by atoms with Crippen LogP contribution in [-0.4, -0.2) is 111 Å². The topological polar surface area (TPSA) is 319 Å². The number of carbonyl (C=O) groups is 5. The first-order valence-electron chi connectivity index (χ1n) is 38.9. The maximum Gasteiger partial charge on any atom is 0.272 e. The van der Waals surface area contributed by atoms with Gasteiger partial charge in [-0.1, -0.05) is 59.2 Å². The third-order valence-corrected chi connectivity index (χ3v) is 18.9. The molecular formula is C95H72Cl4F6N16O9. The van der Waals surface area contributed by atoms with E-state index in [2.05, 4.69) is 80.7 Å². The van der Waals surface area contributed by atoms with E-state index >= 15 is 0 Å². The molecule has 1 unspecified atom stereocenters. The number of rotatable bonds is 28. The van der Waals surface area contributed by atoms with E-state index in [1.807, 2.05) is 33.0 Å². The van der Waals surface area contributed by atoms with Gasteiger partial charge in [0, 0.05) is 132 Å². The smallest absolute Gasteiger partial charge is 0.272 e. The van der Waals surface area contributed by atoms with Gasteiger partial charge in [-0.2, -0.15) is 0 Å². The Morgan fingerprint density at radius 1 is 0.415 bits per heavy atom. The van der Waals surface area contributed by atoms with Crippen LogP contribution in [0.25, 0.3) is 0 Å². The second kappa shape index (κ2) is 46.4. The lowest BCUT2D eigenvalue weighted by molar-refractivity contribution is 0.0170. The summed E-state index contributed by atoms with van der Waals surface area (Å²) in [5.41, 5.74) is 7.13. The summed E-state index contributed by atoms with van der Waals surface area (Å²) in [6.45, 7) is 5.76. The Hall–Kier alpha value is -15.1. The Kier molecular flexibility index (Phi) is 34.1. The monoisotopic (exact) mass is 1830 g/mol. The van der Waals surface area contributed by atoms with Crippen LogP contribution in [0.2, 0.25) is 20.1 Å². The summed E-state index contributed by atoms with van der Waals surface area (Å²) in [5.74, 6) is -0.273. The lowest BCUT2D eigenvalue weighted by Crippen LogP contribution is -2.12. The first-order valence-corrected chi connectivity index (χ1v) is 40.5. The van der Waals surface area contributed by atoms with Gasteiger partial charge in [0.1, 0.15) is 84.0 Å². The van der Waals surface area contributed by atoms with E-state index in [1.54, 1.807) is 96.3 Å². The summed E-state index contributed by atoms with van der Waals surface area (Å²) in [7, 11) is 1.81. The summed E-state index contributed by atoms with van der Waals surface area (Å²) in [6.07, 6.45) is 30.7. The van der Waals surface area contributed by atoms with Gasteiger partial charge in [0.2, 0.25) is 0 Å². The van der Waals surface area contributed by atoms with Crippen LogP contribution in [0.15, 0.2) is 264 Å². The second-order valence-corrected chi connectivity index (χ2v) is 29.8. The SMILES string of the molecule is C#Cc1ccc(CC(=O)c2cc(F)cc(Oc3cncnc3)c2)nc1.CC(F)c1nc(CC(=O)c2cc(Cl)cc(Oc3cncnc3)c2)ccc1F.CCc1nc(CC(=O)c2cc(Cl)cc(Oc3cncnc3)c2)ccc1F.CN(c1cncnc1)c1cc(Cl)cc(C(=O)Cc2ccc(C(C)(F)F)cn2)c1.Cc1ccnc(CC(=O)c2cc(Cl)cc(Oc3cncnc3)c2)c1. The number of alkyl halides is 3. The van der Waals surface area contributed by atoms with Crippen LogP contribution in [0.3, 0.4) is 0 Å². The fourth-order valence-corrected chi connectivity index (χ4v) is 12.7. The van der Waals surface area contributed by atoms with Crippen LogP contribution < -0.4 is 23.8 Å². The molecule has 656 valence electrons. The molecule has 25 nitrogen and oxygen atoms in total. The number of halogens is 10. The number of carbonyl (C=O) groups excluding carboxylic acids is 5. The fourth-order valence-electron chi connectivity index (χ4n) is 11.8. The zero-order chi connectivity index (χ0) is 92.8. The van der Waals surface area contributed by atoms with Gasteiger partial charge in [-0.3, -0.25) is 48.9 Å². The molecule has 0 fully saturated rings. The van der Waals surface area contributed by atoms with Gasteiger partial charge >= 0.3 is 0 Å². The van der Waals surface area contributed by atoms with Crippen molar-refractivity contribution in [2.24, 2.45) is 0 Å². The van der Waals surface area contributed by atoms with E-state index in [4.69, 9.17) is 71.8 Å². The number of benzene rings is 5. The van der Waals surface area contributed by atoms with Crippen molar-refractivity contribution in [3.8, 4) is 58.3 Å². The van der Waals surface area contributed by atoms with Crippen molar-refractivity contribution in [2.75, 3.05) is 11.9 Å². The predicted octanol–water partition coefficient (Wildman–Crippen LogP) is 21.4. The average molecular weight is 1840 g/mol. The van der Waals surface area contributed by atoms with E-state index in [0.29, 0.717) is 117 Å².